The molecule has 3 aromatic rings. The van der Waals surface area contributed by atoms with Crippen LogP contribution >= 0.6 is 27.3 Å². The molecule has 1 aliphatic heterocycles. The topological polar surface area (TPSA) is 66.5 Å². The van der Waals surface area contributed by atoms with Crippen molar-refractivity contribution in [2.45, 2.75) is 23.2 Å². The maximum atomic E-state index is 14.2. The molecule has 0 bridgehead atoms. The van der Waals surface area contributed by atoms with Crippen molar-refractivity contribution in [3.63, 3.8) is 0 Å². The molecule has 0 saturated carbocycles. The van der Waals surface area contributed by atoms with Gasteiger partial charge in [-0.2, -0.15) is 4.31 Å². The number of rotatable bonds is 4. The standard InChI is InChI=1S/C20H16BrFN2O3S2/c21-15-7-8-17(16(22)11-15)23-20(25)18-10-13-4-1-2-5-14(13)12-24(18)29(26,27)19-6-3-9-28-19/h1-9,11,18H,10,12H2,(H,23,25). The van der Waals surface area contributed by atoms with Crippen LogP contribution in [0, 0.1) is 5.82 Å². The number of carbonyl (C=O) groups excluding carboxylic acids is 1. The molecule has 0 spiro atoms. The molecule has 0 saturated heterocycles. The molecule has 5 nitrogen and oxygen atoms in total. The van der Waals surface area contributed by atoms with Gasteiger partial charge in [0.2, 0.25) is 5.91 Å². The average molecular weight is 495 g/mol. The van der Waals surface area contributed by atoms with Crippen molar-refractivity contribution in [3.8, 4) is 0 Å². The van der Waals surface area contributed by atoms with Crippen LogP contribution in [0.1, 0.15) is 11.1 Å². The molecule has 1 amide bonds. The van der Waals surface area contributed by atoms with E-state index in [1.807, 2.05) is 24.3 Å². The predicted octanol–water partition coefficient (Wildman–Crippen LogP) is 4.40. The van der Waals surface area contributed by atoms with Crippen molar-refractivity contribution in [3.05, 3.63) is 81.4 Å². The number of thiophene rings is 1. The fourth-order valence-corrected chi connectivity index (χ4v) is 6.33. The van der Waals surface area contributed by atoms with Crippen LogP contribution in [0.5, 0.6) is 0 Å². The van der Waals surface area contributed by atoms with E-state index < -0.39 is 27.8 Å². The number of sulfonamides is 1. The van der Waals surface area contributed by atoms with E-state index >= 15 is 0 Å². The Labute approximate surface area is 180 Å². The smallest absolute Gasteiger partial charge is 0.253 e. The Morgan fingerprint density at radius 1 is 1.14 bits per heavy atom. The monoisotopic (exact) mass is 494 g/mol. The zero-order valence-electron chi connectivity index (χ0n) is 15.0. The van der Waals surface area contributed by atoms with Gasteiger partial charge in [0.1, 0.15) is 16.1 Å². The summed E-state index contributed by atoms with van der Waals surface area (Å²) in [5.41, 5.74) is 1.76. The van der Waals surface area contributed by atoms with E-state index in [1.165, 1.54) is 22.5 Å². The fourth-order valence-electron chi connectivity index (χ4n) is 3.31. The fraction of sp³-hybridized carbons (Fsp3) is 0.150. The highest BCUT2D eigenvalue weighted by Crippen LogP contribution is 2.31. The highest BCUT2D eigenvalue weighted by Gasteiger charge is 2.40. The van der Waals surface area contributed by atoms with E-state index in [4.69, 9.17) is 0 Å². The minimum Gasteiger partial charge on any atom is -0.322 e. The lowest BCUT2D eigenvalue weighted by Gasteiger charge is -2.34. The Kier molecular flexibility index (Phi) is 5.56. The lowest BCUT2D eigenvalue weighted by Crippen LogP contribution is -2.50. The lowest BCUT2D eigenvalue weighted by atomic mass is 9.95. The number of carbonyl (C=O) groups is 1. The molecule has 150 valence electrons. The van der Waals surface area contributed by atoms with E-state index in [-0.39, 0.29) is 22.9 Å². The first-order valence-electron chi connectivity index (χ1n) is 8.74. The van der Waals surface area contributed by atoms with Gasteiger partial charge in [-0.15, -0.1) is 11.3 Å². The van der Waals surface area contributed by atoms with Crippen molar-refractivity contribution >= 4 is 48.9 Å². The van der Waals surface area contributed by atoms with Crippen LogP contribution in [0.3, 0.4) is 0 Å². The molecule has 2 heterocycles. The lowest BCUT2D eigenvalue weighted by molar-refractivity contribution is -0.120. The Morgan fingerprint density at radius 2 is 1.90 bits per heavy atom. The molecule has 4 rings (SSSR count). The minimum absolute atomic E-state index is 0.00512. The van der Waals surface area contributed by atoms with Crippen LogP contribution in [-0.4, -0.2) is 24.7 Å². The van der Waals surface area contributed by atoms with Gasteiger partial charge < -0.3 is 5.32 Å². The summed E-state index contributed by atoms with van der Waals surface area (Å²) < 4.78 is 42.5. The second-order valence-corrected chi connectivity index (χ2v) is 10.6. The van der Waals surface area contributed by atoms with E-state index in [0.717, 1.165) is 22.5 Å². The van der Waals surface area contributed by atoms with Crippen LogP contribution in [0.2, 0.25) is 0 Å². The third-order valence-corrected chi connectivity index (χ3v) is 8.48. The van der Waals surface area contributed by atoms with Gasteiger partial charge in [-0.25, -0.2) is 12.8 Å². The Hall–Kier alpha value is -2.07. The zero-order chi connectivity index (χ0) is 20.6. The summed E-state index contributed by atoms with van der Waals surface area (Å²) in [6.07, 6.45) is 0.213. The number of fused-ring (bicyclic) bond motifs is 1. The summed E-state index contributed by atoms with van der Waals surface area (Å²) in [4.78, 5) is 13.0. The van der Waals surface area contributed by atoms with Crippen LogP contribution in [0.4, 0.5) is 10.1 Å². The zero-order valence-corrected chi connectivity index (χ0v) is 18.2. The molecule has 9 heteroatoms. The molecule has 1 unspecified atom stereocenters. The van der Waals surface area contributed by atoms with Gasteiger partial charge in [0.05, 0.1) is 5.69 Å². The molecule has 1 atom stereocenters. The van der Waals surface area contributed by atoms with Crippen LogP contribution in [0.15, 0.2) is 68.7 Å². The quantitative estimate of drug-likeness (QED) is 0.584. The second-order valence-electron chi connectivity index (χ2n) is 6.58. The highest BCUT2D eigenvalue weighted by molar-refractivity contribution is 9.10. The number of amides is 1. The van der Waals surface area contributed by atoms with E-state index in [2.05, 4.69) is 21.2 Å². The van der Waals surface area contributed by atoms with E-state index in [0.29, 0.717) is 4.47 Å². The Morgan fingerprint density at radius 3 is 2.59 bits per heavy atom. The average Bonchev–Trinajstić information content (AvgIpc) is 3.25. The number of halogens is 2. The maximum Gasteiger partial charge on any atom is 0.253 e. The van der Waals surface area contributed by atoms with Gasteiger partial charge in [-0.1, -0.05) is 46.3 Å². The largest absolute Gasteiger partial charge is 0.322 e. The molecular weight excluding hydrogens is 479 g/mol. The third kappa shape index (κ3) is 4.00. The maximum absolute atomic E-state index is 14.2. The van der Waals surface area contributed by atoms with Gasteiger partial charge in [0.15, 0.2) is 0 Å². The molecule has 0 aliphatic carbocycles. The first-order chi connectivity index (χ1) is 13.9. The first-order valence-corrected chi connectivity index (χ1v) is 11.9. The molecule has 0 radical (unpaired) electrons. The van der Waals surface area contributed by atoms with Gasteiger partial charge in [0, 0.05) is 11.0 Å². The normalized spacial score (nSPS) is 17.0. The summed E-state index contributed by atoms with van der Waals surface area (Å²) >= 11 is 4.28. The number of hydrogen-bond donors (Lipinski definition) is 1. The number of hydrogen-bond acceptors (Lipinski definition) is 4. The summed E-state index contributed by atoms with van der Waals surface area (Å²) in [5.74, 6) is -1.17. The van der Waals surface area contributed by atoms with Crippen molar-refractivity contribution in [1.82, 2.24) is 4.31 Å². The number of benzene rings is 2. The van der Waals surface area contributed by atoms with Crippen LogP contribution < -0.4 is 5.32 Å². The summed E-state index contributed by atoms with van der Waals surface area (Å²) in [5, 5.41) is 4.23. The van der Waals surface area contributed by atoms with Gasteiger partial charge in [-0.3, -0.25) is 4.79 Å². The molecular formula is C20H16BrFN2O3S2. The predicted molar refractivity (Wildman–Crippen MR) is 114 cm³/mol. The minimum atomic E-state index is -3.87. The second kappa shape index (κ2) is 7.98. The summed E-state index contributed by atoms with van der Waals surface area (Å²) in [6, 6.07) is 13.9. The molecule has 0 fully saturated rings. The molecule has 29 heavy (non-hydrogen) atoms. The Balaban J connectivity index is 1.71. The number of nitrogens with zero attached hydrogens (tertiary/aromatic N) is 1. The SMILES string of the molecule is O=C(Nc1ccc(Br)cc1F)C1Cc2ccccc2CN1S(=O)(=O)c1cccs1. The number of nitrogens with one attached hydrogen (secondary N) is 1. The molecule has 1 aromatic heterocycles. The van der Waals surface area contributed by atoms with Crippen molar-refractivity contribution in [2.75, 3.05) is 5.32 Å². The van der Waals surface area contributed by atoms with Crippen molar-refractivity contribution < 1.29 is 17.6 Å². The van der Waals surface area contributed by atoms with Crippen molar-refractivity contribution in [2.24, 2.45) is 0 Å². The van der Waals surface area contributed by atoms with Gasteiger partial charge >= 0.3 is 0 Å². The van der Waals surface area contributed by atoms with Crippen LogP contribution in [-0.2, 0) is 27.8 Å². The third-order valence-electron chi connectivity index (χ3n) is 4.76. The van der Waals surface area contributed by atoms with Gasteiger partial charge in [0.25, 0.3) is 10.0 Å². The molecule has 1 aliphatic rings. The summed E-state index contributed by atoms with van der Waals surface area (Å²) in [7, 11) is -3.87. The van der Waals surface area contributed by atoms with Gasteiger partial charge in [-0.05, 0) is 47.2 Å². The Bertz CT molecular complexity index is 1170. The molecule has 2 aromatic carbocycles. The molecule has 1 N–H and O–H groups in total. The van der Waals surface area contributed by atoms with Crippen molar-refractivity contribution in [1.29, 1.82) is 0 Å². The number of anilines is 1. The first kappa shape index (κ1) is 20.2. The highest BCUT2D eigenvalue weighted by atomic mass is 79.9. The summed E-state index contributed by atoms with van der Waals surface area (Å²) in [6.45, 7) is 0.0807. The van der Waals surface area contributed by atoms with E-state index in [1.54, 1.807) is 17.5 Å². The van der Waals surface area contributed by atoms with Crippen LogP contribution in [0.25, 0.3) is 0 Å². The van der Waals surface area contributed by atoms with E-state index in [9.17, 15) is 17.6 Å².